The van der Waals surface area contributed by atoms with E-state index in [0.29, 0.717) is 19.0 Å². The summed E-state index contributed by atoms with van der Waals surface area (Å²) < 4.78 is 0. The maximum Gasteiger partial charge on any atom is 0.0990 e. The number of hydrogen-bond acceptors (Lipinski definition) is 4. The normalized spacial score (nSPS) is 22.8. The molecule has 0 saturated carbocycles. The van der Waals surface area contributed by atoms with Crippen molar-refractivity contribution in [2.75, 3.05) is 24.5 Å². The van der Waals surface area contributed by atoms with Crippen LogP contribution in [-0.4, -0.2) is 42.1 Å². The summed E-state index contributed by atoms with van der Waals surface area (Å²) in [6.45, 7) is 9.28. The number of hydrogen-bond donors (Lipinski definition) is 3. The van der Waals surface area contributed by atoms with Gasteiger partial charge in [0.25, 0.3) is 0 Å². The molecule has 1 aromatic rings. The molecule has 20 heavy (non-hydrogen) atoms. The Kier molecular flexibility index (Phi) is 5.02. The van der Waals surface area contributed by atoms with Crippen molar-refractivity contribution in [2.24, 2.45) is 5.92 Å². The highest BCUT2D eigenvalue weighted by atomic mass is 16.3. The van der Waals surface area contributed by atoms with Crippen LogP contribution in [0.1, 0.15) is 25.0 Å². The Morgan fingerprint density at radius 1 is 1.25 bits per heavy atom. The van der Waals surface area contributed by atoms with E-state index in [0.717, 1.165) is 18.8 Å². The Labute approximate surface area is 121 Å². The maximum atomic E-state index is 9.72. The molecule has 2 atom stereocenters. The number of nitrogens with one attached hydrogen (secondary N) is 1. The molecule has 0 bridgehead atoms. The van der Waals surface area contributed by atoms with Crippen molar-refractivity contribution in [1.82, 2.24) is 5.32 Å². The number of β-amino-alcohol motifs (C(OH)–C–C–N with tert-alkyl or cyclic N) is 2. The summed E-state index contributed by atoms with van der Waals surface area (Å²) in [6, 6.07) is 6.35. The zero-order valence-electron chi connectivity index (χ0n) is 12.6. The van der Waals surface area contributed by atoms with E-state index in [1.165, 1.54) is 11.1 Å². The lowest BCUT2D eigenvalue weighted by Crippen LogP contribution is -2.25. The van der Waals surface area contributed by atoms with Crippen LogP contribution < -0.4 is 10.2 Å². The monoisotopic (exact) mass is 278 g/mol. The fourth-order valence-corrected chi connectivity index (χ4v) is 2.63. The highest BCUT2D eigenvalue weighted by Crippen LogP contribution is 2.26. The van der Waals surface area contributed by atoms with Gasteiger partial charge < -0.3 is 20.4 Å². The zero-order chi connectivity index (χ0) is 14.7. The summed E-state index contributed by atoms with van der Waals surface area (Å²) in [6.07, 6.45) is -1.29. The Morgan fingerprint density at radius 3 is 2.50 bits per heavy atom. The molecule has 1 aliphatic rings. The van der Waals surface area contributed by atoms with Gasteiger partial charge in [0.2, 0.25) is 0 Å². The van der Waals surface area contributed by atoms with Crippen LogP contribution in [0, 0.1) is 12.8 Å². The van der Waals surface area contributed by atoms with Gasteiger partial charge in [-0.3, -0.25) is 0 Å². The van der Waals surface area contributed by atoms with Crippen molar-refractivity contribution in [1.29, 1.82) is 0 Å². The summed E-state index contributed by atoms with van der Waals surface area (Å²) in [4.78, 5) is 2.07. The van der Waals surface area contributed by atoms with Crippen molar-refractivity contribution in [3.05, 3.63) is 29.3 Å². The Balaban J connectivity index is 2.11. The molecular weight excluding hydrogens is 252 g/mol. The van der Waals surface area contributed by atoms with Crippen LogP contribution in [0.15, 0.2) is 18.2 Å². The molecule has 112 valence electrons. The largest absolute Gasteiger partial charge is 0.389 e. The highest BCUT2D eigenvalue weighted by Gasteiger charge is 2.30. The summed E-state index contributed by atoms with van der Waals surface area (Å²) in [5.74, 6) is 0.624. The third-order valence-electron chi connectivity index (χ3n) is 3.70. The third-order valence-corrected chi connectivity index (χ3v) is 3.70. The predicted octanol–water partition coefficient (Wildman–Crippen LogP) is 1.28. The van der Waals surface area contributed by atoms with Crippen LogP contribution >= 0.6 is 0 Å². The number of aryl methyl sites for hydroxylation is 1. The minimum absolute atomic E-state index is 0.501. The van der Waals surface area contributed by atoms with Gasteiger partial charge in [-0.05, 0) is 31.0 Å². The first kappa shape index (κ1) is 15.3. The Morgan fingerprint density at radius 2 is 1.90 bits per heavy atom. The van der Waals surface area contributed by atoms with Gasteiger partial charge in [0.15, 0.2) is 0 Å². The number of rotatable bonds is 5. The quantitative estimate of drug-likeness (QED) is 0.759. The molecule has 3 N–H and O–H groups in total. The lowest BCUT2D eigenvalue weighted by Gasteiger charge is -2.22. The number of benzene rings is 1. The molecule has 1 aliphatic heterocycles. The molecule has 1 aromatic carbocycles. The minimum atomic E-state index is -0.646. The van der Waals surface area contributed by atoms with E-state index in [2.05, 4.69) is 49.2 Å². The first-order valence-electron chi connectivity index (χ1n) is 7.38. The molecule has 0 amide bonds. The maximum absolute atomic E-state index is 9.72. The van der Waals surface area contributed by atoms with Gasteiger partial charge in [0.1, 0.15) is 0 Å². The van der Waals surface area contributed by atoms with Gasteiger partial charge in [0.05, 0.1) is 12.2 Å². The van der Waals surface area contributed by atoms with Crippen molar-refractivity contribution < 1.29 is 10.2 Å². The van der Waals surface area contributed by atoms with Crippen molar-refractivity contribution in [3.8, 4) is 0 Å². The van der Waals surface area contributed by atoms with E-state index in [1.807, 2.05) is 0 Å². The second-order valence-electron chi connectivity index (χ2n) is 6.20. The smallest absolute Gasteiger partial charge is 0.0990 e. The number of aliphatic hydroxyl groups is 2. The van der Waals surface area contributed by atoms with E-state index < -0.39 is 12.2 Å². The second-order valence-corrected chi connectivity index (χ2v) is 6.20. The predicted molar refractivity (Wildman–Crippen MR) is 82.0 cm³/mol. The van der Waals surface area contributed by atoms with Gasteiger partial charge in [0, 0.05) is 25.3 Å². The molecule has 0 aromatic heterocycles. The Hall–Kier alpha value is -1.10. The van der Waals surface area contributed by atoms with Crippen LogP contribution in [0.4, 0.5) is 5.69 Å². The van der Waals surface area contributed by atoms with Crippen LogP contribution in [0.25, 0.3) is 0 Å². The van der Waals surface area contributed by atoms with Crippen LogP contribution in [0.3, 0.4) is 0 Å². The molecule has 1 heterocycles. The molecule has 2 unspecified atom stereocenters. The minimum Gasteiger partial charge on any atom is -0.389 e. The summed E-state index contributed by atoms with van der Waals surface area (Å²) in [7, 11) is 0. The Bertz CT molecular complexity index is 438. The molecule has 1 fully saturated rings. The molecule has 2 rings (SSSR count). The third kappa shape index (κ3) is 3.72. The van der Waals surface area contributed by atoms with Gasteiger partial charge in [-0.2, -0.15) is 0 Å². The molecule has 0 radical (unpaired) electrons. The average Bonchev–Trinajstić information content (AvgIpc) is 2.69. The number of aliphatic hydroxyl groups excluding tert-OH is 2. The summed E-state index contributed by atoms with van der Waals surface area (Å²) in [5.41, 5.74) is 3.57. The summed E-state index contributed by atoms with van der Waals surface area (Å²) in [5, 5.41) is 22.9. The van der Waals surface area contributed by atoms with Gasteiger partial charge >= 0.3 is 0 Å². The van der Waals surface area contributed by atoms with E-state index in [1.54, 1.807) is 0 Å². The van der Waals surface area contributed by atoms with E-state index in [9.17, 15) is 10.2 Å². The van der Waals surface area contributed by atoms with E-state index >= 15 is 0 Å². The average molecular weight is 278 g/mol. The van der Waals surface area contributed by atoms with Crippen molar-refractivity contribution >= 4 is 5.69 Å². The van der Waals surface area contributed by atoms with Crippen molar-refractivity contribution in [3.63, 3.8) is 0 Å². The number of nitrogens with zero attached hydrogens (tertiary/aromatic N) is 1. The van der Waals surface area contributed by atoms with Crippen LogP contribution in [0.5, 0.6) is 0 Å². The van der Waals surface area contributed by atoms with E-state index in [-0.39, 0.29) is 0 Å². The molecule has 0 aliphatic carbocycles. The topological polar surface area (TPSA) is 55.7 Å². The van der Waals surface area contributed by atoms with Crippen LogP contribution in [0.2, 0.25) is 0 Å². The first-order chi connectivity index (χ1) is 9.47. The number of anilines is 1. The SMILES string of the molecule is Cc1ccc(N2CC(O)C(O)C2)c(CNCC(C)C)c1. The molecule has 1 saturated heterocycles. The first-order valence-corrected chi connectivity index (χ1v) is 7.38. The zero-order valence-corrected chi connectivity index (χ0v) is 12.6. The fourth-order valence-electron chi connectivity index (χ4n) is 2.63. The molecule has 0 spiro atoms. The van der Waals surface area contributed by atoms with Gasteiger partial charge in [-0.25, -0.2) is 0 Å². The van der Waals surface area contributed by atoms with Gasteiger partial charge in [-0.1, -0.05) is 31.5 Å². The molecular formula is C16H26N2O2. The highest BCUT2D eigenvalue weighted by molar-refractivity contribution is 5.56. The second kappa shape index (κ2) is 6.57. The summed E-state index contributed by atoms with van der Waals surface area (Å²) >= 11 is 0. The lowest BCUT2D eigenvalue weighted by molar-refractivity contribution is 0.0572. The molecule has 4 heteroatoms. The van der Waals surface area contributed by atoms with Crippen LogP contribution in [-0.2, 0) is 6.54 Å². The standard InChI is InChI=1S/C16H26N2O2/c1-11(2)7-17-8-13-6-12(3)4-5-14(13)18-9-15(19)16(20)10-18/h4-6,11,15-17,19-20H,7-10H2,1-3H3. The fraction of sp³-hybridized carbons (Fsp3) is 0.625. The molecule has 4 nitrogen and oxygen atoms in total. The van der Waals surface area contributed by atoms with E-state index in [4.69, 9.17) is 0 Å². The van der Waals surface area contributed by atoms with Gasteiger partial charge in [-0.15, -0.1) is 0 Å². The van der Waals surface area contributed by atoms with Crippen molar-refractivity contribution in [2.45, 2.75) is 39.5 Å². The lowest BCUT2D eigenvalue weighted by atomic mass is 10.1.